The Morgan fingerprint density at radius 2 is 1.84 bits per heavy atom. The van der Waals surface area contributed by atoms with Gasteiger partial charge in [-0.05, 0) is 32.8 Å². The third kappa shape index (κ3) is 5.30. The second-order valence-corrected chi connectivity index (χ2v) is 6.55. The van der Waals surface area contributed by atoms with Gasteiger partial charge in [0.15, 0.2) is 0 Å². The van der Waals surface area contributed by atoms with Crippen LogP contribution in [0.4, 0.5) is 0 Å². The molecule has 1 fully saturated rings. The van der Waals surface area contributed by atoms with Gasteiger partial charge >= 0.3 is 0 Å². The Bertz CT molecular complexity index is 557. The lowest BCUT2D eigenvalue weighted by Gasteiger charge is -2.38. The van der Waals surface area contributed by atoms with Crippen LogP contribution in [0.15, 0.2) is 30.3 Å². The number of ether oxygens (including phenoxy) is 1. The number of hydrogen-bond donors (Lipinski definition) is 0. The number of hydrogen-bond acceptors (Lipinski definition) is 3. The number of carbonyl (C=O) groups excluding carboxylic acids is 2. The number of nitrogens with zero attached hydrogens (tertiary/aromatic N) is 2. The van der Waals surface area contributed by atoms with Crippen molar-refractivity contribution in [3.8, 4) is 0 Å². The van der Waals surface area contributed by atoms with Crippen molar-refractivity contribution in [3.63, 3.8) is 0 Å². The van der Waals surface area contributed by atoms with Gasteiger partial charge in [0.05, 0.1) is 19.2 Å². The molecule has 1 aromatic carbocycles. The van der Waals surface area contributed by atoms with Crippen LogP contribution in [-0.4, -0.2) is 53.9 Å². The molecule has 1 saturated heterocycles. The second kappa shape index (κ2) is 9.56. The van der Waals surface area contributed by atoms with Gasteiger partial charge in [0.1, 0.15) is 6.10 Å². The molecular formula is C20H30N2O3. The normalized spacial score (nSPS) is 20.4. The maximum atomic E-state index is 12.6. The molecule has 1 aliphatic rings. The van der Waals surface area contributed by atoms with Crippen molar-refractivity contribution in [2.24, 2.45) is 0 Å². The molecule has 0 spiro atoms. The highest BCUT2D eigenvalue weighted by Crippen LogP contribution is 2.25. The molecule has 25 heavy (non-hydrogen) atoms. The molecule has 1 aromatic rings. The molecule has 0 bridgehead atoms. The molecule has 0 N–H and O–H groups in total. The van der Waals surface area contributed by atoms with Gasteiger partial charge < -0.3 is 14.5 Å². The Labute approximate surface area is 150 Å². The van der Waals surface area contributed by atoms with Crippen LogP contribution < -0.4 is 0 Å². The summed E-state index contributed by atoms with van der Waals surface area (Å²) in [7, 11) is 0. The Morgan fingerprint density at radius 1 is 1.16 bits per heavy atom. The van der Waals surface area contributed by atoms with Gasteiger partial charge in [-0.3, -0.25) is 9.59 Å². The molecule has 2 amide bonds. The summed E-state index contributed by atoms with van der Waals surface area (Å²) in [5.41, 5.74) is 1.10. The van der Waals surface area contributed by atoms with Gasteiger partial charge in [0.2, 0.25) is 11.8 Å². The zero-order valence-corrected chi connectivity index (χ0v) is 15.6. The zero-order chi connectivity index (χ0) is 18.2. The van der Waals surface area contributed by atoms with Crippen LogP contribution in [0.25, 0.3) is 0 Å². The summed E-state index contributed by atoms with van der Waals surface area (Å²) in [5.74, 6) is 0.249. The minimum Gasteiger partial charge on any atom is -0.370 e. The molecule has 1 heterocycles. The SMILES string of the molecule is CCN(CC)C(=O)CCCC(=O)N1CC(c2ccccc2)OCC1C. The Balaban J connectivity index is 1.86. The first kappa shape index (κ1) is 19.4. The van der Waals surface area contributed by atoms with E-state index in [1.165, 1.54) is 0 Å². The lowest BCUT2D eigenvalue weighted by Crippen LogP contribution is -2.48. The van der Waals surface area contributed by atoms with E-state index in [1.807, 2.05) is 60.9 Å². The lowest BCUT2D eigenvalue weighted by atomic mass is 10.1. The summed E-state index contributed by atoms with van der Waals surface area (Å²) in [6, 6.07) is 10.1. The Kier molecular flexibility index (Phi) is 7.44. The largest absolute Gasteiger partial charge is 0.370 e. The molecule has 2 atom stereocenters. The first-order valence-corrected chi connectivity index (χ1v) is 9.30. The van der Waals surface area contributed by atoms with Crippen LogP contribution in [0.1, 0.15) is 51.7 Å². The molecule has 0 saturated carbocycles. The molecule has 138 valence electrons. The van der Waals surface area contributed by atoms with E-state index in [9.17, 15) is 9.59 Å². The summed E-state index contributed by atoms with van der Waals surface area (Å²) < 4.78 is 5.91. The molecule has 2 rings (SSSR count). The first-order chi connectivity index (χ1) is 12.1. The van der Waals surface area contributed by atoms with Gasteiger partial charge in [-0.1, -0.05) is 30.3 Å². The summed E-state index contributed by atoms with van der Waals surface area (Å²) >= 11 is 0. The van der Waals surface area contributed by atoms with Gasteiger partial charge in [0, 0.05) is 25.9 Å². The van der Waals surface area contributed by atoms with Gasteiger partial charge in [-0.15, -0.1) is 0 Å². The average Bonchev–Trinajstić information content (AvgIpc) is 2.63. The van der Waals surface area contributed by atoms with E-state index in [-0.39, 0.29) is 24.0 Å². The summed E-state index contributed by atoms with van der Waals surface area (Å²) in [6.45, 7) is 8.54. The number of rotatable bonds is 7. The fourth-order valence-electron chi connectivity index (χ4n) is 3.24. The van der Waals surface area contributed by atoms with Gasteiger partial charge in [-0.25, -0.2) is 0 Å². The van der Waals surface area contributed by atoms with E-state index in [4.69, 9.17) is 4.74 Å². The van der Waals surface area contributed by atoms with Crippen LogP contribution in [-0.2, 0) is 14.3 Å². The molecule has 2 unspecified atom stereocenters. The zero-order valence-electron chi connectivity index (χ0n) is 15.6. The fraction of sp³-hybridized carbons (Fsp3) is 0.600. The summed E-state index contributed by atoms with van der Waals surface area (Å²) in [6.07, 6.45) is 1.39. The summed E-state index contributed by atoms with van der Waals surface area (Å²) in [5, 5.41) is 0. The Morgan fingerprint density at radius 3 is 2.48 bits per heavy atom. The van der Waals surface area contributed by atoms with Crippen LogP contribution in [0, 0.1) is 0 Å². The molecule has 0 aromatic heterocycles. The maximum Gasteiger partial charge on any atom is 0.223 e. The number of benzene rings is 1. The molecule has 5 heteroatoms. The molecule has 0 radical (unpaired) electrons. The third-order valence-electron chi connectivity index (χ3n) is 4.82. The molecule has 5 nitrogen and oxygen atoms in total. The van der Waals surface area contributed by atoms with Crippen molar-refractivity contribution in [1.82, 2.24) is 9.80 Å². The van der Waals surface area contributed by atoms with Gasteiger partial charge in [0.25, 0.3) is 0 Å². The van der Waals surface area contributed by atoms with E-state index in [1.54, 1.807) is 0 Å². The van der Waals surface area contributed by atoms with Crippen LogP contribution in [0.3, 0.4) is 0 Å². The minimum atomic E-state index is -0.0707. The van der Waals surface area contributed by atoms with Crippen molar-refractivity contribution in [1.29, 1.82) is 0 Å². The number of morpholine rings is 1. The molecule has 0 aliphatic carbocycles. The highest BCUT2D eigenvalue weighted by atomic mass is 16.5. The standard InChI is InChI=1S/C20H30N2O3/c1-4-21(5-2)19(23)12-9-13-20(24)22-14-18(25-15-16(22)3)17-10-7-6-8-11-17/h6-8,10-11,16,18H,4-5,9,12-15H2,1-3H3. The van der Waals surface area contributed by atoms with Crippen molar-refractivity contribution >= 4 is 11.8 Å². The van der Waals surface area contributed by atoms with E-state index < -0.39 is 0 Å². The maximum absolute atomic E-state index is 12.6. The van der Waals surface area contributed by atoms with Crippen LogP contribution in [0.5, 0.6) is 0 Å². The van der Waals surface area contributed by atoms with Crippen molar-refractivity contribution in [2.75, 3.05) is 26.2 Å². The molecule has 1 aliphatic heterocycles. The van der Waals surface area contributed by atoms with E-state index in [0.29, 0.717) is 32.4 Å². The van der Waals surface area contributed by atoms with Gasteiger partial charge in [-0.2, -0.15) is 0 Å². The number of carbonyl (C=O) groups is 2. The van der Waals surface area contributed by atoms with Crippen molar-refractivity contribution < 1.29 is 14.3 Å². The smallest absolute Gasteiger partial charge is 0.223 e. The van der Waals surface area contributed by atoms with Crippen molar-refractivity contribution in [3.05, 3.63) is 35.9 Å². The predicted octanol–water partition coefficient (Wildman–Crippen LogP) is 3.01. The van der Waals surface area contributed by atoms with Crippen molar-refractivity contribution in [2.45, 2.75) is 52.2 Å². The second-order valence-electron chi connectivity index (χ2n) is 6.55. The highest BCUT2D eigenvalue weighted by molar-refractivity contribution is 5.79. The topological polar surface area (TPSA) is 49.9 Å². The Hall–Kier alpha value is -1.88. The molecular weight excluding hydrogens is 316 g/mol. The predicted molar refractivity (Wildman–Crippen MR) is 98.1 cm³/mol. The van der Waals surface area contributed by atoms with E-state index >= 15 is 0 Å². The number of amides is 2. The third-order valence-corrected chi connectivity index (χ3v) is 4.82. The van der Waals surface area contributed by atoms with Crippen LogP contribution in [0.2, 0.25) is 0 Å². The highest BCUT2D eigenvalue weighted by Gasteiger charge is 2.30. The fourth-order valence-corrected chi connectivity index (χ4v) is 3.24. The van der Waals surface area contributed by atoms with E-state index in [2.05, 4.69) is 0 Å². The average molecular weight is 346 g/mol. The lowest BCUT2D eigenvalue weighted by molar-refractivity contribution is -0.144. The summed E-state index contributed by atoms with van der Waals surface area (Å²) in [4.78, 5) is 28.4. The quantitative estimate of drug-likeness (QED) is 0.762. The monoisotopic (exact) mass is 346 g/mol. The van der Waals surface area contributed by atoms with Crippen LogP contribution >= 0.6 is 0 Å². The first-order valence-electron chi connectivity index (χ1n) is 9.30. The minimum absolute atomic E-state index is 0.0707. The van der Waals surface area contributed by atoms with E-state index in [0.717, 1.165) is 18.7 Å².